The van der Waals surface area contributed by atoms with Gasteiger partial charge >= 0.3 is 5.97 Å². The number of anilines is 1. The van der Waals surface area contributed by atoms with E-state index in [2.05, 4.69) is 5.32 Å². The zero-order valence-electron chi connectivity index (χ0n) is 10.4. The van der Waals surface area contributed by atoms with Crippen LogP contribution >= 0.6 is 0 Å². The van der Waals surface area contributed by atoms with Crippen molar-refractivity contribution in [3.8, 4) is 11.1 Å². The summed E-state index contributed by atoms with van der Waals surface area (Å²) < 4.78 is 0. The van der Waals surface area contributed by atoms with Crippen LogP contribution in [0.25, 0.3) is 11.1 Å². The van der Waals surface area contributed by atoms with Gasteiger partial charge in [0, 0.05) is 12.7 Å². The molecule has 0 aromatic heterocycles. The van der Waals surface area contributed by atoms with Crippen molar-refractivity contribution in [1.29, 1.82) is 0 Å². The summed E-state index contributed by atoms with van der Waals surface area (Å²) in [5, 5.41) is 12.2. The third-order valence-electron chi connectivity index (χ3n) is 3.03. The molecule has 0 amide bonds. The van der Waals surface area contributed by atoms with Gasteiger partial charge in [-0.3, -0.25) is 0 Å². The van der Waals surface area contributed by atoms with Crippen molar-refractivity contribution in [3.05, 3.63) is 53.6 Å². The molecule has 0 saturated heterocycles. The van der Waals surface area contributed by atoms with Crippen molar-refractivity contribution in [1.82, 2.24) is 0 Å². The number of carboxylic acids is 1. The molecule has 0 bridgehead atoms. The van der Waals surface area contributed by atoms with Crippen molar-refractivity contribution >= 4 is 11.7 Å². The predicted molar refractivity (Wildman–Crippen MR) is 73.1 cm³/mol. The van der Waals surface area contributed by atoms with E-state index in [1.165, 1.54) is 0 Å². The second-order valence-corrected chi connectivity index (χ2v) is 4.08. The first-order valence-corrected chi connectivity index (χ1v) is 5.75. The molecule has 3 heteroatoms. The van der Waals surface area contributed by atoms with E-state index < -0.39 is 5.97 Å². The maximum atomic E-state index is 11.3. The molecule has 0 unspecified atom stereocenters. The minimum atomic E-state index is -0.908. The topological polar surface area (TPSA) is 49.3 Å². The van der Waals surface area contributed by atoms with Gasteiger partial charge in [-0.25, -0.2) is 4.79 Å². The third-order valence-corrected chi connectivity index (χ3v) is 3.03. The Morgan fingerprint density at radius 2 is 1.78 bits per heavy atom. The van der Waals surface area contributed by atoms with E-state index >= 15 is 0 Å². The van der Waals surface area contributed by atoms with Gasteiger partial charge in [-0.05, 0) is 29.7 Å². The molecule has 2 N–H and O–H groups in total. The lowest BCUT2D eigenvalue weighted by Gasteiger charge is -2.13. The summed E-state index contributed by atoms with van der Waals surface area (Å²) in [4.78, 5) is 11.3. The Balaban J connectivity index is 2.65. The highest BCUT2D eigenvalue weighted by molar-refractivity contribution is 5.98. The number of aromatic carboxylic acids is 1. The Bertz CT molecular complexity index is 577. The lowest BCUT2D eigenvalue weighted by atomic mass is 9.95. The highest BCUT2D eigenvalue weighted by Gasteiger charge is 2.16. The van der Waals surface area contributed by atoms with Gasteiger partial charge in [0.2, 0.25) is 0 Å². The second kappa shape index (κ2) is 4.92. The molecular formula is C15H15NO2. The summed E-state index contributed by atoms with van der Waals surface area (Å²) in [6.45, 7) is 1.84. The van der Waals surface area contributed by atoms with Gasteiger partial charge in [0.1, 0.15) is 0 Å². The molecule has 0 fully saturated rings. The molecule has 2 aromatic carbocycles. The molecule has 0 aliphatic rings. The first kappa shape index (κ1) is 12.2. The summed E-state index contributed by atoms with van der Waals surface area (Å²) in [5.74, 6) is -0.908. The number of hydrogen-bond acceptors (Lipinski definition) is 2. The lowest BCUT2D eigenvalue weighted by molar-refractivity contribution is 0.0697. The van der Waals surface area contributed by atoms with E-state index in [-0.39, 0.29) is 0 Å². The van der Waals surface area contributed by atoms with E-state index in [1.54, 1.807) is 13.1 Å². The summed E-state index contributed by atoms with van der Waals surface area (Å²) >= 11 is 0. The number of rotatable bonds is 3. The highest BCUT2D eigenvalue weighted by atomic mass is 16.4. The monoisotopic (exact) mass is 241 g/mol. The Kier molecular flexibility index (Phi) is 3.33. The zero-order valence-corrected chi connectivity index (χ0v) is 10.4. The van der Waals surface area contributed by atoms with Crippen LogP contribution in [-0.2, 0) is 0 Å². The third kappa shape index (κ3) is 2.07. The largest absolute Gasteiger partial charge is 0.478 e. The standard InChI is InChI=1S/C15H15NO2/c1-10-12(11-6-4-3-5-7-11)8-9-13(16-2)14(10)15(17)18/h3-9,16H,1-2H3,(H,17,18). The molecule has 0 aliphatic heterocycles. The fraction of sp³-hybridized carbons (Fsp3) is 0.133. The lowest BCUT2D eigenvalue weighted by Crippen LogP contribution is -2.06. The van der Waals surface area contributed by atoms with Gasteiger partial charge < -0.3 is 10.4 Å². The quantitative estimate of drug-likeness (QED) is 0.865. The normalized spacial score (nSPS) is 10.1. The molecule has 18 heavy (non-hydrogen) atoms. The van der Waals surface area contributed by atoms with Crippen LogP contribution < -0.4 is 5.32 Å². The summed E-state index contributed by atoms with van der Waals surface area (Å²) in [6.07, 6.45) is 0. The van der Waals surface area contributed by atoms with Gasteiger partial charge in [0.25, 0.3) is 0 Å². The van der Waals surface area contributed by atoms with Gasteiger partial charge in [-0.1, -0.05) is 36.4 Å². The summed E-state index contributed by atoms with van der Waals surface area (Å²) in [7, 11) is 1.73. The van der Waals surface area contributed by atoms with Crippen LogP contribution in [0.4, 0.5) is 5.69 Å². The second-order valence-electron chi connectivity index (χ2n) is 4.08. The Hall–Kier alpha value is -2.29. The van der Waals surface area contributed by atoms with Crippen LogP contribution in [-0.4, -0.2) is 18.1 Å². The van der Waals surface area contributed by atoms with Crippen molar-refractivity contribution in [2.75, 3.05) is 12.4 Å². The Morgan fingerprint density at radius 1 is 1.11 bits per heavy atom. The number of nitrogens with one attached hydrogen (secondary N) is 1. The van der Waals surface area contributed by atoms with Crippen LogP contribution in [0.3, 0.4) is 0 Å². The fourth-order valence-electron chi connectivity index (χ4n) is 2.13. The number of carboxylic acid groups (broad SMARTS) is 1. The molecule has 2 rings (SSSR count). The molecule has 0 spiro atoms. The molecule has 0 atom stereocenters. The van der Waals surface area contributed by atoms with Crippen LogP contribution in [0.5, 0.6) is 0 Å². The number of hydrogen-bond donors (Lipinski definition) is 2. The van der Waals surface area contributed by atoms with Gasteiger partial charge in [-0.15, -0.1) is 0 Å². The molecule has 0 saturated carbocycles. The molecule has 3 nitrogen and oxygen atoms in total. The number of benzene rings is 2. The van der Waals surface area contributed by atoms with Gasteiger partial charge in [-0.2, -0.15) is 0 Å². The van der Waals surface area contributed by atoms with Crippen LogP contribution in [0.1, 0.15) is 15.9 Å². The van der Waals surface area contributed by atoms with Crippen molar-refractivity contribution in [2.45, 2.75) is 6.92 Å². The van der Waals surface area contributed by atoms with Crippen molar-refractivity contribution in [2.24, 2.45) is 0 Å². The fourth-order valence-corrected chi connectivity index (χ4v) is 2.13. The van der Waals surface area contributed by atoms with Crippen LogP contribution in [0.15, 0.2) is 42.5 Å². The SMILES string of the molecule is CNc1ccc(-c2ccccc2)c(C)c1C(=O)O. The van der Waals surface area contributed by atoms with Crippen molar-refractivity contribution < 1.29 is 9.90 Å². The molecule has 2 aromatic rings. The molecule has 0 heterocycles. The number of carbonyl (C=O) groups is 1. The molecular weight excluding hydrogens is 226 g/mol. The minimum Gasteiger partial charge on any atom is -0.478 e. The Morgan fingerprint density at radius 3 is 2.33 bits per heavy atom. The summed E-state index contributed by atoms with van der Waals surface area (Å²) in [5.41, 5.74) is 3.73. The summed E-state index contributed by atoms with van der Waals surface area (Å²) in [6, 6.07) is 13.5. The molecule has 0 radical (unpaired) electrons. The maximum absolute atomic E-state index is 11.3. The maximum Gasteiger partial charge on any atom is 0.338 e. The molecule has 92 valence electrons. The van der Waals surface area contributed by atoms with E-state index in [1.807, 2.05) is 43.3 Å². The molecule has 0 aliphatic carbocycles. The van der Waals surface area contributed by atoms with Gasteiger partial charge in [0.05, 0.1) is 5.56 Å². The minimum absolute atomic E-state index is 0.332. The van der Waals surface area contributed by atoms with Crippen molar-refractivity contribution in [3.63, 3.8) is 0 Å². The van der Waals surface area contributed by atoms with E-state index in [9.17, 15) is 9.90 Å². The van der Waals surface area contributed by atoms with Crippen LogP contribution in [0.2, 0.25) is 0 Å². The average Bonchev–Trinajstić information content (AvgIpc) is 2.38. The van der Waals surface area contributed by atoms with E-state index in [4.69, 9.17) is 0 Å². The highest BCUT2D eigenvalue weighted by Crippen LogP contribution is 2.30. The van der Waals surface area contributed by atoms with E-state index in [0.29, 0.717) is 11.3 Å². The average molecular weight is 241 g/mol. The smallest absolute Gasteiger partial charge is 0.338 e. The Labute approximate surface area is 106 Å². The predicted octanol–water partition coefficient (Wildman–Crippen LogP) is 3.40. The zero-order chi connectivity index (χ0) is 13.1. The van der Waals surface area contributed by atoms with Crippen LogP contribution in [0, 0.1) is 6.92 Å². The van der Waals surface area contributed by atoms with Gasteiger partial charge in [0.15, 0.2) is 0 Å². The first-order chi connectivity index (χ1) is 8.65. The first-order valence-electron chi connectivity index (χ1n) is 5.75. The van der Waals surface area contributed by atoms with E-state index in [0.717, 1.165) is 16.7 Å².